The fourth-order valence-corrected chi connectivity index (χ4v) is 2.90. The van der Waals surface area contributed by atoms with Gasteiger partial charge in [0.15, 0.2) is 0 Å². The number of benzene rings is 1. The number of hydrogen-bond donors (Lipinski definition) is 1. The molecule has 2 nitrogen and oxygen atoms in total. The molecule has 0 aliphatic carbocycles. The fraction of sp³-hybridized carbons (Fsp3) is 0.267. The first-order valence-electron chi connectivity index (χ1n) is 6.29. The second-order valence-electron chi connectivity index (χ2n) is 4.85. The lowest BCUT2D eigenvalue weighted by Gasteiger charge is -2.22. The lowest BCUT2D eigenvalue weighted by Crippen LogP contribution is -2.31. The molecule has 0 aliphatic heterocycles. The average molecular weight is 312 g/mol. The van der Waals surface area contributed by atoms with Crippen molar-refractivity contribution >= 4 is 28.8 Å². The van der Waals surface area contributed by atoms with Crippen molar-refractivity contribution in [1.82, 2.24) is 5.32 Å². The van der Waals surface area contributed by atoms with Gasteiger partial charge in [0.2, 0.25) is 0 Å². The average Bonchev–Trinajstić information content (AvgIpc) is 2.83. The smallest absolute Gasteiger partial charge is 0.261 e. The lowest BCUT2D eigenvalue weighted by molar-refractivity contribution is 0.0930. The topological polar surface area (TPSA) is 29.1 Å². The Morgan fingerprint density at radius 1 is 1.20 bits per heavy atom. The molecule has 1 heterocycles. The van der Waals surface area contributed by atoms with Gasteiger partial charge in [-0.1, -0.05) is 37.6 Å². The Bertz CT molecular complexity index is 594. The molecule has 0 spiro atoms. The van der Waals surface area contributed by atoms with Crippen molar-refractivity contribution in [2.75, 3.05) is 0 Å². The third-order valence-corrected chi connectivity index (χ3v) is 4.21. The highest BCUT2D eigenvalue weighted by atomic mass is 35.5. The second kappa shape index (κ2) is 6.37. The maximum absolute atomic E-state index is 13.0. The van der Waals surface area contributed by atoms with E-state index in [9.17, 15) is 9.18 Å². The largest absolute Gasteiger partial charge is 0.344 e. The van der Waals surface area contributed by atoms with Crippen LogP contribution in [0.25, 0.3) is 0 Å². The molecule has 0 fully saturated rings. The molecule has 1 N–H and O–H groups in total. The highest BCUT2D eigenvalue weighted by molar-refractivity contribution is 7.17. The Morgan fingerprint density at radius 2 is 1.85 bits per heavy atom. The third kappa shape index (κ3) is 3.58. The summed E-state index contributed by atoms with van der Waals surface area (Å²) in [6.45, 7) is 4.02. The molecule has 0 aliphatic rings. The molecule has 106 valence electrons. The van der Waals surface area contributed by atoms with Crippen LogP contribution < -0.4 is 5.32 Å². The zero-order valence-electron chi connectivity index (χ0n) is 11.2. The molecule has 1 atom stereocenters. The van der Waals surface area contributed by atoms with Gasteiger partial charge in [0.1, 0.15) is 5.82 Å². The zero-order chi connectivity index (χ0) is 14.7. The van der Waals surface area contributed by atoms with E-state index in [1.807, 2.05) is 13.8 Å². The molecule has 1 aromatic heterocycles. The fourth-order valence-electron chi connectivity index (χ4n) is 1.95. The molecule has 0 saturated carbocycles. The van der Waals surface area contributed by atoms with E-state index in [0.717, 1.165) is 5.56 Å². The van der Waals surface area contributed by atoms with Gasteiger partial charge in [-0.05, 0) is 35.7 Å². The van der Waals surface area contributed by atoms with E-state index in [-0.39, 0.29) is 23.7 Å². The highest BCUT2D eigenvalue weighted by Crippen LogP contribution is 2.25. The lowest BCUT2D eigenvalue weighted by atomic mass is 9.96. The molecule has 5 heteroatoms. The number of nitrogens with one attached hydrogen (secondary N) is 1. The van der Waals surface area contributed by atoms with E-state index >= 15 is 0 Å². The van der Waals surface area contributed by atoms with Gasteiger partial charge in [-0.3, -0.25) is 4.79 Å². The Morgan fingerprint density at radius 3 is 2.35 bits per heavy atom. The van der Waals surface area contributed by atoms with Crippen LogP contribution in [-0.2, 0) is 0 Å². The van der Waals surface area contributed by atoms with Crippen LogP contribution in [-0.4, -0.2) is 5.91 Å². The molecule has 2 aromatic rings. The predicted octanol–water partition coefficient (Wildman–Crippen LogP) is 4.67. The van der Waals surface area contributed by atoms with Crippen LogP contribution in [0.1, 0.15) is 35.1 Å². The summed E-state index contributed by atoms with van der Waals surface area (Å²) >= 11 is 7.08. The van der Waals surface area contributed by atoms with Crippen LogP contribution in [0.2, 0.25) is 4.34 Å². The maximum Gasteiger partial charge on any atom is 0.261 e. The van der Waals surface area contributed by atoms with Crippen LogP contribution in [0.15, 0.2) is 36.4 Å². The minimum atomic E-state index is -0.285. The Hall–Kier alpha value is -1.39. The summed E-state index contributed by atoms with van der Waals surface area (Å²) in [4.78, 5) is 12.8. The van der Waals surface area contributed by atoms with Gasteiger partial charge >= 0.3 is 0 Å². The van der Waals surface area contributed by atoms with Crippen LogP contribution in [0, 0.1) is 11.7 Å². The minimum absolute atomic E-state index is 0.162. The normalized spacial score (nSPS) is 12.4. The van der Waals surface area contributed by atoms with Crippen LogP contribution in [0.5, 0.6) is 0 Å². The minimum Gasteiger partial charge on any atom is -0.344 e. The van der Waals surface area contributed by atoms with Crippen molar-refractivity contribution < 1.29 is 9.18 Å². The van der Waals surface area contributed by atoms with Gasteiger partial charge < -0.3 is 5.32 Å². The van der Waals surface area contributed by atoms with Gasteiger partial charge in [0.05, 0.1) is 15.3 Å². The van der Waals surface area contributed by atoms with Crippen molar-refractivity contribution in [1.29, 1.82) is 0 Å². The van der Waals surface area contributed by atoms with Gasteiger partial charge in [-0.25, -0.2) is 4.39 Å². The number of carbonyl (C=O) groups excluding carboxylic acids is 1. The zero-order valence-corrected chi connectivity index (χ0v) is 12.8. The summed E-state index contributed by atoms with van der Waals surface area (Å²) in [6.07, 6.45) is 0. The molecular formula is C15H15ClFNOS. The number of halogens is 2. The van der Waals surface area contributed by atoms with Gasteiger partial charge in [0, 0.05) is 0 Å². The molecule has 1 aromatic carbocycles. The van der Waals surface area contributed by atoms with E-state index in [4.69, 9.17) is 11.6 Å². The second-order valence-corrected chi connectivity index (χ2v) is 6.57. The summed E-state index contributed by atoms with van der Waals surface area (Å²) < 4.78 is 13.6. The molecule has 2 rings (SSSR count). The molecule has 0 saturated heterocycles. The number of carbonyl (C=O) groups is 1. The Labute approximate surface area is 126 Å². The molecule has 1 unspecified atom stereocenters. The first-order chi connectivity index (χ1) is 9.47. The predicted molar refractivity (Wildman–Crippen MR) is 80.8 cm³/mol. The van der Waals surface area contributed by atoms with Crippen molar-refractivity contribution in [2.45, 2.75) is 19.9 Å². The van der Waals surface area contributed by atoms with E-state index in [1.165, 1.54) is 23.5 Å². The van der Waals surface area contributed by atoms with Crippen molar-refractivity contribution in [3.8, 4) is 0 Å². The number of thiophene rings is 1. The Kier molecular flexibility index (Phi) is 4.78. The van der Waals surface area contributed by atoms with Crippen LogP contribution >= 0.6 is 22.9 Å². The molecule has 0 bridgehead atoms. The number of hydrogen-bond acceptors (Lipinski definition) is 2. The summed E-state index contributed by atoms with van der Waals surface area (Å²) in [7, 11) is 0. The first-order valence-corrected chi connectivity index (χ1v) is 7.48. The molecule has 20 heavy (non-hydrogen) atoms. The summed E-state index contributed by atoms with van der Waals surface area (Å²) in [5.74, 6) is -0.252. The van der Waals surface area contributed by atoms with Crippen LogP contribution in [0.3, 0.4) is 0 Å². The number of amides is 1. The summed E-state index contributed by atoms with van der Waals surface area (Å²) in [5, 5.41) is 2.97. The highest BCUT2D eigenvalue weighted by Gasteiger charge is 2.20. The van der Waals surface area contributed by atoms with Crippen LogP contribution in [0.4, 0.5) is 4.39 Å². The van der Waals surface area contributed by atoms with E-state index < -0.39 is 0 Å². The van der Waals surface area contributed by atoms with E-state index in [1.54, 1.807) is 24.3 Å². The van der Waals surface area contributed by atoms with Gasteiger partial charge in [-0.2, -0.15) is 0 Å². The van der Waals surface area contributed by atoms with Crippen molar-refractivity contribution in [3.05, 3.63) is 57.0 Å². The standard InChI is InChI=1S/C15H15ClFNOS/c1-9(2)14(10-3-5-11(17)6-4-10)18-15(19)12-7-8-13(16)20-12/h3-9,14H,1-2H3,(H,18,19). The molecule has 1 amide bonds. The van der Waals surface area contributed by atoms with E-state index in [2.05, 4.69) is 5.32 Å². The quantitative estimate of drug-likeness (QED) is 0.873. The molecule has 0 radical (unpaired) electrons. The third-order valence-electron chi connectivity index (χ3n) is 2.98. The SMILES string of the molecule is CC(C)C(NC(=O)c1ccc(Cl)s1)c1ccc(F)cc1. The van der Waals surface area contributed by atoms with Crippen molar-refractivity contribution in [3.63, 3.8) is 0 Å². The van der Waals surface area contributed by atoms with Gasteiger partial charge in [0.25, 0.3) is 5.91 Å². The number of rotatable bonds is 4. The summed E-state index contributed by atoms with van der Waals surface area (Å²) in [6, 6.07) is 9.43. The maximum atomic E-state index is 13.0. The van der Waals surface area contributed by atoms with E-state index in [0.29, 0.717) is 9.21 Å². The van der Waals surface area contributed by atoms with Gasteiger partial charge in [-0.15, -0.1) is 11.3 Å². The summed E-state index contributed by atoms with van der Waals surface area (Å²) in [5.41, 5.74) is 0.886. The Balaban J connectivity index is 2.17. The van der Waals surface area contributed by atoms with Crippen molar-refractivity contribution in [2.24, 2.45) is 5.92 Å². The monoisotopic (exact) mass is 311 g/mol. The first kappa shape index (κ1) is 15.0. The molecular weight excluding hydrogens is 297 g/mol.